The quantitative estimate of drug-likeness (QED) is 0.497. The van der Waals surface area contributed by atoms with Crippen LogP contribution in [0.5, 0.6) is 5.75 Å². The van der Waals surface area contributed by atoms with Crippen LogP contribution in [0.25, 0.3) is 0 Å². The number of hydrogen-bond acceptors (Lipinski definition) is 6. The number of para-hydroxylation sites is 1. The van der Waals surface area contributed by atoms with Crippen molar-refractivity contribution in [3.8, 4) is 5.75 Å². The first-order chi connectivity index (χ1) is 16.8. The number of aryl methyl sites for hydroxylation is 1. The Morgan fingerprint density at radius 1 is 1.09 bits per heavy atom. The molecule has 1 aliphatic heterocycles. The molecule has 8 nitrogen and oxygen atoms in total. The number of rotatable bonds is 8. The Hall–Kier alpha value is -3.49. The van der Waals surface area contributed by atoms with Crippen molar-refractivity contribution in [2.75, 3.05) is 13.2 Å². The summed E-state index contributed by atoms with van der Waals surface area (Å²) in [5, 5.41) is 23.3. The van der Waals surface area contributed by atoms with Crippen molar-refractivity contribution < 1.29 is 29.3 Å². The van der Waals surface area contributed by atoms with E-state index in [0.29, 0.717) is 11.3 Å². The van der Waals surface area contributed by atoms with Gasteiger partial charge in [-0.3, -0.25) is 14.4 Å². The number of Topliss-reactive ketones (excluding diaryl/α,β-unsaturated/α-hetero) is 1. The van der Waals surface area contributed by atoms with Crippen molar-refractivity contribution in [3.05, 3.63) is 76.9 Å². The zero-order valence-electron chi connectivity index (χ0n) is 19.8. The summed E-state index contributed by atoms with van der Waals surface area (Å²) in [4.78, 5) is 40.2. The normalized spacial score (nSPS) is 22.3. The third-order valence-electron chi connectivity index (χ3n) is 6.53. The van der Waals surface area contributed by atoms with Gasteiger partial charge >= 0.3 is 0 Å². The molecular weight excluding hydrogens is 448 g/mol. The van der Waals surface area contributed by atoms with E-state index in [0.717, 1.165) is 16.7 Å². The van der Waals surface area contributed by atoms with Crippen LogP contribution in [0.2, 0.25) is 0 Å². The Balaban J connectivity index is 1.77. The molecule has 0 aromatic heterocycles. The van der Waals surface area contributed by atoms with Crippen molar-refractivity contribution in [3.63, 3.8) is 0 Å². The van der Waals surface area contributed by atoms with E-state index >= 15 is 0 Å². The first-order valence-electron chi connectivity index (χ1n) is 11.8. The van der Waals surface area contributed by atoms with Crippen LogP contribution in [0.4, 0.5) is 0 Å². The number of fused-ring (bicyclic) bond motifs is 3. The van der Waals surface area contributed by atoms with Gasteiger partial charge in [0.2, 0.25) is 11.7 Å². The number of ketones is 1. The molecule has 0 spiro atoms. The van der Waals surface area contributed by atoms with Crippen molar-refractivity contribution in [2.45, 2.75) is 51.0 Å². The van der Waals surface area contributed by atoms with Gasteiger partial charge in [-0.2, -0.15) is 0 Å². The van der Waals surface area contributed by atoms with E-state index in [4.69, 9.17) is 4.74 Å². The fourth-order valence-corrected chi connectivity index (χ4v) is 4.71. The fraction of sp³-hybridized carbons (Fsp3) is 0.370. The second-order valence-corrected chi connectivity index (χ2v) is 8.88. The minimum atomic E-state index is -1.18. The van der Waals surface area contributed by atoms with Gasteiger partial charge in [0.15, 0.2) is 0 Å². The molecule has 4 rings (SSSR count). The van der Waals surface area contributed by atoms with Gasteiger partial charge in [-0.25, -0.2) is 0 Å². The first kappa shape index (κ1) is 24.6. The number of hydrogen-bond donors (Lipinski definition) is 3. The van der Waals surface area contributed by atoms with Gasteiger partial charge < -0.3 is 25.2 Å². The zero-order valence-corrected chi connectivity index (χ0v) is 19.8. The highest BCUT2D eigenvalue weighted by molar-refractivity contribution is 6.36. The highest BCUT2D eigenvalue weighted by Crippen LogP contribution is 2.47. The summed E-state index contributed by atoms with van der Waals surface area (Å²) < 4.78 is 6.08. The summed E-state index contributed by atoms with van der Waals surface area (Å²) in [6.07, 6.45) is -0.407. The molecule has 0 fully saturated rings. The lowest BCUT2D eigenvalue weighted by atomic mass is 9.77. The standard InChI is InChI=1S/C27H30N2O6/c1-3-21(31)27(34)29(15-17-10-8-16(2)9-11-17)20-14-19(26(33)28-12-13-30)23-18-6-4-5-7-22(18)35-25(23)24(20)32/h4-11,14,20,23-25,30,32H,3,12-13,15H2,1-2H3,(H,28,33). The number of carbonyl (C=O) groups is 3. The molecule has 35 heavy (non-hydrogen) atoms. The van der Waals surface area contributed by atoms with Gasteiger partial charge in [0.05, 0.1) is 18.6 Å². The molecule has 4 atom stereocenters. The molecule has 0 radical (unpaired) electrons. The van der Waals surface area contributed by atoms with Gasteiger partial charge in [0.1, 0.15) is 18.0 Å². The molecule has 184 valence electrons. The first-order valence-corrected chi connectivity index (χ1v) is 11.8. The SMILES string of the molecule is CCC(=O)C(=O)N(Cc1ccc(C)cc1)C1C=C(C(=O)NCCO)C2c3ccccc3OC2C1O. The average Bonchev–Trinajstić information content (AvgIpc) is 3.27. The molecule has 2 aliphatic rings. The third-order valence-corrected chi connectivity index (χ3v) is 6.53. The lowest BCUT2D eigenvalue weighted by Crippen LogP contribution is -2.56. The van der Waals surface area contributed by atoms with Gasteiger partial charge in [-0.05, 0) is 24.6 Å². The highest BCUT2D eigenvalue weighted by atomic mass is 16.5. The van der Waals surface area contributed by atoms with Gasteiger partial charge in [-0.15, -0.1) is 0 Å². The van der Waals surface area contributed by atoms with E-state index in [1.54, 1.807) is 19.1 Å². The third kappa shape index (κ3) is 4.85. The molecule has 1 heterocycles. The smallest absolute Gasteiger partial charge is 0.290 e. The molecule has 1 aliphatic carbocycles. The molecule has 2 amide bonds. The number of amides is 2. The number of carbonyl (C=O) groups excluding carboxylic acids is 3. The van der Waals surface area contributed by atoms with Crippen LogP contribution in [0.1, 0.15) is 36.0 Å². The fourth-order valence-electron chi connectivity index (χ4n) is 4.71. The Kier molecular flexibility index (Phi) is 7.33. The minimum absolute atomic E-state index is 0.0214. The van der Waals surface area contributed by atoms with Crippen molar-refractivity contribution in [1.29, 1.82) is 0 Å². The second kappa shape index (κ2) is 10.4. The second-order valence-electron chi connectivity index (χ2n) is 8.88. The Labute approximate surface area is 204 Å². The summed E-state index contributed by atoms with van der Waals surface area (Å²) in [7, 11) is 0. The molecule has 2 aromatic carbocycles. The van der Waals surface area contributed by atoms with Crippen LogP contribution in [-0.2, 0) is 20.9 Å². The van der Waals surface area contributed by atoms with Gasteiger partial charge in [0, 0.05) is 30.6 Å². The average molecular weight is 479 g/mol. The Bertz CT molecular complexity index is 1140. The van der Waals surface area contributed by atoms with Crippen LogP contribution in [0.3, 0.4) is 0 Å². The lowest BCUT2D eigenvalue weighted by Gasteiger charge is -2.40. The van der Waals surface area contributed by atoms with E-state index in [2.05, 4.69) is 5.32 Å². The van der Waals surface area contributed by atoms with Gasteiger partial charge in [-0.1, -0.05) is 55.0 Å². The summed E-state index contributed by atoms with van der Waals surface area (Å²) in [5.74, 6) is -1.71. The topological polar surface area (TPSA) is 116 Å². The van der Waals surface area contributed by atoms with E-state index in [1.165, 1.54) is 4.90 Å². The highest BCUT2D eigenvalue weighted by Gasteiger charge is 2.50. The van der Waals surface area contributed by atoms with Crippen LogP contribution < -0.4 is 10.1 Å². The van der Waals surface area contributed by atoms with E-state index < -0.39 is 41.8 Å². The van der Waals surface area contributed by atoms with Crippen LogP contribution in [0, 0.1) is 6.92 Å². The molecule has 3 N–H and O–H groups in total. The Morgan fingerprint density at radius 2 is 1.80 bits per heavy atom. The maximum atomic E-state index is 13.2. The van der Waals surface area contributed by atoms with Crippen LogP contribution >= 0.6 is 0 Å². The zero-order chi connectivity index (χ0) is 25.1. The number of aliphatic hydroxyl groups excluding tert-OH is 2. The molecule has 4 unspecified atom stereocenters. The van der Waals surface area contributed by atoms with Crippen molar-refractivity contribution in [2.24, 2.45) is 0 Å². The minimum Gasteiger partial charge on any atom is -0.486 e. The maximum Gasteiger partial charge on any atom is 0.290 e. The molecule has 0 bridgehead atoms. The summed E-state index contributed by atoms with van der Waals surface area (Å²) in [5.41, 5.74) is 2.94. The molecule has 8 heteroatoms. The van der Waals surface area contributed by atoms with E-state index in [9.17, 15) is 24.6 Å². The van der Waals surface area contributed by atoms with Crippen molar-refractivity contribution >= 4 is 17.6 Å². The predicted molar refractivity (Wildman–Crippen MR) is 129 cm³/mol. The van der Waals surface area contributed by atoms with Crippen molar-refractivity contribution in [1.82, 2.24) is 10.2 Å². The summed E-state index contributed by atoms with van der Waals surface area (Å²) >= 11 is 0. The lowest BCUT2D eigenvalue weighted by molar-refractivity contribution is -0.148. The number of benzene rings is 2. The molecule has 0 saturated carbocycles. The number of ether oxygens (including phenoxy) is 1. The molecule has 0 saturated heterocycles. The monoisotopic (exact) mass is 478 g/mol. The molecule has 2 aromatic rings. The largest absolute Gasteiger partial charge is 0.486 e. The van der Waals surface area contributed by atoms with E-state index in [-0.39, 0.29) is 26.1 Å². The van der Waals surface area contributed by atoms with Crippen LogP contribution in [-0.4, -0.2) is 64.1 Å². The number of aliphatic hydroxyl groups is 2. The number of nitrogens with one attached hydrogen (secondary N) is 1. The number of nitrogens with zero attached hydrogens (tertiary/aromatic N) is 1. The van der Waals surface area contributed by atoms with E-state index in [1.807, 2.05) is 49.4 Å². The van der Waals surface area contributed by atoms with Gasteiger partial charge in [0.25, 0.3) is 5.91 Å². The maximum absolute atomic E-state index is 13.2. The Morgan fingerprint density at radius 3 is 2.49 bits per heavy atom. The van der Waals surface area contributed by atoms with Crippen LogP contribution in [0.15, 0.2) is 60.2 Å². The summed E-state index contributed by atoms with van der Waals surface area (Å²) in [6.45, 7) is 3.48. The molecular formula is C27H30N2O6. The summed E-state index contributed by atoms with van der Waals surface area (Å²) in [6, 6.07) is 13.8. The predicted octanol–water partition coefficient (Wildman–Crippen LogP) is 1.63.